The Morgan fingerprint density at radius 3 is 2.45 bits per heavy atom. The fourth-order valence-electron chi connectivity index (χ4n) is 1.64. The molecule has 0 atom stereocenters. The summed E-state index contributed by atoms with van der Waals surface area (Å²) in [6, 6.07) is 6.68. The van der Waals surface area contributed by atoms with E-state index < -0.39 is 6.16 Å². The summed E-state index contributed by atoms with van der Waals surface area (Å²) < 4.78 is 9.25. The minimum atomic E-state index is -0.774. The summed E-state index contributed by atoms with van der Waals surface area (Å²) in [6.07, 6.45) is 0.904. The van der Waals surface area contributed by atoms with Crippen LogP contribution < -0.4 is 4.74 Å². The number of hydrogen-bond acceptors (Lipinski definition) is 5. The second-order valence-electron chi connectivity index (χ2n) is 4.18. The Morgan fingerprint density at radius 2 is 1.95 bits per heavy atom. The first kappa shape index (κ1) is 13.8. The van der Waals surface area contributed by atoms with Crippen LogP contribution in [0.25, 0.3) is 6.08 Å². The lowest BCUT2D eigenvalue weighted by atomic mass is 10.2. The third kappa shape index (κ3) is 2.85. The van der Waals surface area contributed by atoms with Gasteiger partial charge in [-0.25, -0.2) is 9.79 Å². The number of rotatable bonds is 2. The fraction of sp³-hybridized carbons (Fsp3) is 0.214. The maximum absolute atomic E-state index is 11.8. The van der Waals surface area contributed by atoms with E-state index in [1.807, 2.05) is 0 Å². The summed E-state index contributed by atoms with van der Waals surface area (Å²) in [5.74, 6) is 0.887. The van der Waals surface area contributed by atoms with E-state index in [1.54, 1.807) is 44.3 Å². The quantitative estimate of drug-likeness (QED) is 0.470. The van der Waals surface area contributed by atoms with E-state index in [1.165, 1.54) is 12.0 Å². The highest BCUT2D eigenvalue weighted by molar-refractivity contribution is 6.13. The summed E-state index contributed by atoms with van der Waals surface area (Å²) in [5.41, 5.74) is 1.17. The average Bonchev–Trinajstić information content (AvgIpc) is 2.68. The summed E-state index contributed by atoms with van der Waals surface area (Å²) >= 11 is 0. The average molecular weight is 274 g/mol. The van der Waals surface area contributed by atoms with Gasteiger partial charge in [-0.1, -0.05) is 12.1 Å². The van der Waals surface area contributed by atoms with Gasteiger partial charge >= 0.3 is 6.16 Å². The molecule has 1 aliphatic rings. The Hall–Kier alpha value is -2.63. The number of amides is 1. The van der Waals surface area contributed by atoms with Crippen molar-refractivity contribution >= 4 is 24.0 Å². The molecule has 6 heteroatoms. The monoisotopic (exact) mass is 274 g/mol. The van der Waals surface area contributed by atoms with Crippen LogP contribution in [0.3, 0.4) is 0 Å². The number of hydrogen-bond donors (Lipinski definition) is 0. The minimum absolute atomic E-state index is 0.141. The first-order valence-electron chi connectivity index (χ1n) is 5.92. The van der Waals surface area contributed by atoms with Gasteiger partial charge in [-0.15, -0.1) is 0 Å². The van der Waals surface area contributed by atoms with Crippen molar-refractivity contribution in [2.24, 2.45) is 4.99 Å². The second kappa shape index (κ2) is 5.56. The fourth-order valence-corrected chi connectivity index (χ4v) is 1.64. The molecule has 0 saturated heterocycles. The number of ether oxygens (including phenoxy) is 2. The molecule has 0 aliphatic carbocycles. The standard InChI is InChI=1S/C14H14N2O4/c1-9-15-12(13(17)16(9)2)8-10-4-6-11(7-5-10)20-14(18)19-3/h4-8H,1-3H3/b12-8-. The van der Waals surface area contributed by atoms with Crippen molar-refractivity contribution in [3.05, 3.63) is 35.5 Å². The molecule has 1 aromatic rings. The molecule has 0 fully saturated rings. The molecular formula is C14H14N2O4. The van der Waals surface area contributed by atoms with Gasteiger partial charge in [-0.05, 0) is 30.7 Å². The number of methoxy groups -OCH3 is 1. The van der Waals surface area contributed by atoms with Crippen LogP contribution in [0, 0.1) is 0 Å². The molecule has 1 aromatic carbocycles. The topological polar surface area (TPSA) is 68.2 Å². The largest absolute Gasteiger partial charge is 0.513 e. The Morgan fingerprint density at radius 1 is 1.30 bits per heavy atom. The van der Waals surface area contributed by atoms with Gasteiger partial charge in [0.2, 0.25) is 0 Å². The number of carbonyl (C=O) groups excluding carboxylic acids is 2. The molecule has 2 rings (SSSR count). The molecule has 0 aromatic heterocycles. The zero-order chi connectivity index (χ0) is 14.7. The predicted octanol–water partition coefficient (Wildman–Crippen LogP) is 2.06. The lowest BCUT2D eigenvalue weighted by molar-refractivity contribution is -0.121. The summed E-state index contributed by atoms with van der Waals surface area (Å²) in [5, 5.41) is 0. The first-order chi connectivity index (χ1) is 9.51. The van der Waals surface area contributed by atoms with Gasteiger partial charge in [0, 0.05) is 7.05 Å². The van der Waals surface area contributed by atoms with Gasteiger partial charge in [0.05, 0.1) is 7.11 Å². The lowest BCUT2D eigenvalue weighted by Crippen LogP contribution is -2.25. The lowest BCUT2D eigenvalue weighted by Gasteiger charge is -2.06. The van der Waals surface area contributed by atoms with Gasteiger partial charge in [0.25, 0.3) is 5.91 Å². The third-order valence-corrected chi connectivity index (χ3v) is 2.84. The molecule has 0 spiro atoms. The van der Waals surface area contributed by atoms with Crippen molar-refractivity contribution in [3.8, 4) is 5.75 Å². The molecule has 6 nitrogen and oxygen atoms in total. The Labute approximate surface area is 116 Å². The van der Waals surface area contributed by atoms with Crippen LogP contribution in [0.5, 0.6) is 5.75 Å². The van der Waals surface area contributed by atoms with E-state index in [-0.39, 0.29) is 5.91 Å². The predicted molar refractivity (Wildman–Crippen MR) is 73.3 cm³/mol. The van der Waals surface area contributed by atoms with Crippen molar-refractivity contribution in [3.63, 3.8) is 0 Å². The minimum Gasteiger partial charge on any atom is -0.437 e. The van der Waals surface area contributed by atoms with E-state index in [2.05, 4.69) is 9.73 Å². The molecule has 1 heterocycles. The van der Waals surface area contributed by atoms with Gasteiger partial charge in [-0.2, -0.15) is 0 Å². The van der Waals surface area contributed by atoms with Crippen LogP contribution in [-0.2, 0) is 9.53 Å². The highest BCUT2D eigenvalue weighted by atomic mass is 16.7. The van der Waals surface area contributed by atoms with Crippen LogP contribution in [0.15, 0.2) is 35.0 Å². The maximum Gasteiger partial charge on any atom is 0.513 e. The van der Waals surface area contributed by atoms with E-state index in [0.29, 0.717) is 17.3 Å². The van der Waals surface area contributed by atoms with E-state index in [0.717, 1.165) is 5.56 Å². The Balaban J connectivity index is 2.16. The van der Waals surface area contributed by atoms with Crippen molar-refractivity contribution in [1.29, 1.82) is 0 Å². The highest BCUT2D eigenvalue weighted by Gasteiger charge is 2.23. The molecular weight excluding hydrogens is 260 g/mol. The Bertz CT molecular complexity index is 602. The van der Waals surface area contributed by atoms with Crippen LogP contribution in [0.1, 0.15) is 12.5 Å². The normalized spacial score (nSPS) is 16.4. The number of amidine groups is 1. The molecule has 0 bridgehead atoms. The molecule has 0 radical (unpaired) electrons. The Kier molecular flexibility index (Phi) is 3.84. The molecule has 20 heavy (non-hydrogen) atoms. The molecule has 0 unspecified atom stereocenters. The van der Waals surface area contributed by atoms with Gasteiger partial charge in [-0.3, -0.25) is 9.69 Å². The summed E-state index contributed by atoms with van der Waals surface area (Å²) in [4.78, 5) is 28.4. The molecule has 104 valence electrons. The zero-order valence-electron chi connectivity index (χ0n) is 11.4. The van der Waals surface area contributed by atoms with E-state index in [4.69, 9.17) is 4.74 Å². The molecule has 0 N–H and O–H groups in total. The first-order valence-corrected chi connectivity index (χ1v) is 5.92. The van der Waals surface area contributed by atoms with Gasteiger partial charge in [0.15, 0.2) is 0 Å². The van der Waals surface area contributed by atoms with Gasteiger partial charge in [0.1, 0.15) is 17.3 Å². The number of aliphatic imine (C=N–C) groups is 1. The summed E-state index contributed by atoms with van der Waals surface area (Å²) in [6.45, 7) is 1.77. The van der Waals surface area contributed by atoms with Crippen LogP contribution >= 0.6 is 0 Å². The van der Waals surface area contributed by atoms with Crippen LogP contribution in [0.4, 0.5) is 4.79 Å². The smallest absolute Gasteiger partial charge is 0.437 e. The number of benzene rings is 1. The molecule has 1 aliphatic heterocycles. The van der Waals surface area contributed by atoms with Gasteiger partial charge < -0.3 is 9.47 Å². The highest BCUT2D eigenvalue weighted by Crippen LogP contribution is 2.19. The van der Waals surface area contributed by atoms with Crippen LogP contribution in [-0.4, -0.2) is 37.0 Å². The van der Waals surface area contributed by atoms with E-state index in [9.17, 15) is 9.59 Å². The third-order valence-electron chi connectivity index (χ3n) is 2.84. The summed E-state index contributed by atoms with van der Waals surface area (Å²) in [7, 11) is 2.92. The zero-order valence-corrected chi connectivity index (χ0v) is 11.4. The van der Waals surface area contributed by atoms with Crippen molar-refractivity contribution in [1.82, 2.24) is 4.90 Å². The van der Waals surface area contributed by atoms with E-state index >= 15 is 0 Å². The number of likely N-dealkylation sites (N-methyl/N-ethyl adjacent to an activating group) is 1. The maximum atomic E-state index is 11.8. The molecule has 0 saturated carbocycles. The van der Waals surface area contributed by atoms with Crippen molar-refractivity contribution in [2.45, 2.75) is 6.92 Å². The number of carbonyl (C=O) groups is 2. The van der Waals surface area contributed by atoms with Crippen molar-refractivity contribution in [2.75, 3.05) is 14.2 Å². The second-order valence-corrected chi connectivity index (χ2v) is 4.18. The molecule has 1 amide bonds. The number of nitrogens with zero attached hydrogens (tertiary/aromatic N) is 2. The SMILES string of the molecule is COC(=O)Oc1ccc(/C=C2\N=C(C)N(C)C2=O)cc1. The van der Waals surface area contributed by atoms with Crippen molar-refractivity contribution < 1.29 is 19.1 Å². The van der Waals surface area contributed by atoms with Crippen LogP contribution in [0.2, 0.25) is 0 Å².